The Balaban J connectivity index is 1.32. The van der Waals surface area contributed by atoms with Crippen LogP contribution in [0.3, 0.4) is 0 Å². The van der Waals surface area contributed by atoms with Crippen LogP contribution in [0.2, 0.25) is 0 Å². The van der Waals surface area contributed by atoms with E-state index < -0.39 is 7.67 Å². The monoisotopic (exact) mass is 471 g/mol. The van der Waals surface area contributed by atoms with Crippen LogP contribution in [-0.4, -0.2) is 66.7 Å². The first-order chi connectivity index (χ1) is 15.9. The van der Waals surface area contributed by atoms with Crippen LogP contribution in [0.1, 0.15) is 34.0 Å². The molecule has 4 aliphatic heterocycles. The number of hydrogen-bond acceptors (Lipinski definition) is 6. The summed E-state index contributed by atoms with van der Waals surface area (Å²) in [6, 6.07) is 9.13. The van der Waals surface area contributed by atoms with Crippen molar-refractivity contribution in [3.05, 3.63) is 47.0 Å². The van der Waals surface area contributed by atoms with Crippen LogP contribution in [0.5, 0.6) is 23.0 Å². The van der Waals surface area contributed by atoms with Crippen molar-refractivity contribution in [2.75, 3.05) is 46.6 Å². The Kier molecular flexibility index (Phi) is 4.92. The summed E-state index contributed by atoms with van der Waals surface area (Å²) in [6.45, 7) is 5.83. The minimum atomic E-state index is -2.98. The van der Waals surface area contributed by atoms with Gasteiger partial charge in [0, 0.05) is 45.2 Å². The molecule has 0 aromatic heterocycles. The van der Waals surface area contributed by atoms with Gasteiger partial charge in [-0.3, -0.25) is 13.9 Å². The maximum atomic E-state index is 13.6. The molecule has 6 rings (SSSR count). The van der Waals surface area contributed by atoms with E-state index in [1.54, 1.807) is 25.2 Å². The zero-order valence-corrected chi connectivity index (χ0v) is 19.5. The molecule has 1 amide bonds. The summed E-state index contributed by atoms with van der Waals surface area (Å²) in [5.41, 5.74) is 2.18. The smallest absolute Gasteiger partial charge is 0.346 e. The molecule has 0 spiro atoms. The number of nitrogens with zero attached hydrogens (tertiary/aromatic N) is 3. The van der Waals surface area contributed by atoms with E-state index in [0.717, 1.165) is 43.1 Å². The molecule has 2 aromatic rings. The minimum Gasteiger partial charge on any atom is -0.493 e. The quantitative estimate of drug-likeness (QED) is 0.465. The molecule has 1 unspecified atom stereocenters. The summed E-state index contributed by atoms with van der Waals surface area (Å²) in [5, 5.41) is 0. The SMILES string of the molecule is Cc1cc2c(cc1Oc1cccc3c1OCN(C)C3=O)C(OP(=O)(N1CC1)N1CC1)CCO2. The van der Waals surface area contributed by atoms with Gasteiger partial charge in [0.05, 0.1) is 18.3 Å². The number of amides is 1. The summed E-state index contributed by atoms with van der Waals surface area (Å²) in [5.74, 6) is 2.15. The molecule has 2 aromatic carbocycles. The Hall–Kier alpha value is -2.58. The molecule has 4 heterocycles. The lowest BCUT2D eigenvalue weighted by Crippen LogP contribution is -2.35. The van der Waals surface area contributed by atoms with E-state index in [0.29, 0.717) is 35.8 Å². The zero-order valence-electron chi connectivity index (χ0n) is 18.7. The van der Waals surface area contributed by atoms with Crippen LogP contribution in [0.25, 0.3) is 0 Å². The van der Waals surface area contributed by atoms with Gasteiger partial charge in [-0.05, 0) is 36.8 Å². The van der Waals surface area contributed by atoms with E-state index in [1.165, 1.54) is 4.90 Å². The molecule has 1 atom stereocenters. The van der Waals surface area contributed by atoms with Gasteiger partial charge in [-0.25, -0.2) is 9.34 Å². The van der Waals surface area contributed by atoms with Crippen LogP contribution in [-0.2, 0) is 9.09 Å². The van der Waals surface area contributed by atoms with Crippen LogP contribution >= 0.6 is 7.67 Å². The van der Waals surface area contributed by atoms with Gasteiger partial charge in [0.25, 0.3) is 5.91 Å². The third kappa shape index (κ3) is 3.69. The fourth-order valence-corrected chi connectivity index (χ4v) is 6.60. The lowest BCUT2D eigenvalue weighted by atomic mass is 10.0. The van der Waals surface area contributed by atoms with Crippen molar-refractivity contribution >= 4 is 13.6 Å². The van der Waals surface area contributed by atoms with Crippen LogP contribution in [0, 0.1) is 6.92 Å². The van der Waals surface area contributed by atoms with Gasteiger partial charge in [-0.15, -0.1) is 0 Å². The predicted molar refractivity (Wildman–Crippen MR) is 120 cm³/mol. The molecule has 4 aliphatic rings. The summed E-state index contributed by atoms with van der Waals surface area (Å²) in [6.07, 6.45) is 0.270. The lowest BCUT2D eigenvalue weighted by Gasteiger charge is -2.31. The normalized spacial score (nSPS) is 22.2. The van der Waals surface area contributed by atoms with Crippen molar-refractivity contribution in [3.8, 4) is 23.0 Å². The number of carbonyl (C=O) groups is 1. The molecular weight excluding hydrogens is 445 g/mol. The highest BCUT2D eigenvalue weighted by atomic mass is 31.2. The third-order valence-corrected chi connectivity index (χ3v) is 9.06. The standard InChI is InChI=1S/C23H26N3O6P/c1-15-12-21-17(18(6-11-29-21)32-33(28,25-7-8-25)26-9-10-26)13-20(15)31-19-5-3-4-16-22(19)30-14-24(2)23(16)27/h3-5,12-13,18H,6-11,14H2,1-2H3. The maximum Gasteiger partial charge on any atom is 0.346 e. The molecule has 2 saturated heterocycles. The number of benzene rings is 2. The highest BCUT2D eigenvalue weighted by Gasteiger charge is 2.51. The van der Waals surface area contributed by atoms with E-state index in [4.69, 9.17) is 18.7 Å². The predicted octanol–water partition coefficient (Wildman–Crippen LogP) is 3.79. The number of fused-ring (bicyclic) bond motifs is 2. The van der Waals surface area contributed by atoms with Gasteiger partial charge < -0.3 is 19.1 Å². The van der Waals surface area contributed by atoms with Gasteiger partial charge in [0.1, 0.15) is 11.5 Å². The second-order valence-electron chi connectivity index (χ2n) is 8.80. The van der Waals surface area contributed by atoms with E-state index in [1.807, 2.05) is 28.4 Å². The van der Waals surface area contributed by atoms with Gasteiger partial charge >= 0.3 is 7.67 Å². The molecule has 174 valence electrons. The van der Waals surface area contributed by atoms with Crippen LogP contribution < -0.4 is 14.2 Å². The first-order valence-corrected chi connectivity index (χ1v) is 12.7. The summed E-state index contributed by atoms with van der Waals surface area (Å²) in [7, 11) is -1.28. The number of hydrogen-bond donors (Lipinski definition) is 0. The van der Waals surface area contributed by atoms with E-state index in [2.05, 4.69) is 0 Å². The second kappa shape index (κ2) is 7.74. The molecule has 0 aliphatic carbocycles. The summed E-state index contributed by atoms with van der Waals surface area (Å²) < 4.78 is 41.7. The number of para-hydroxylation sites is 1. The summed E-state index contributed by atoms with van der Waals surface area (Å²) >= 11 is 0. The Morgan fingerprint density at radius 2 is 1.82 bits per heavy atom. The Morgan fingerprint density at radius 1 is 1.06 bits per heavy atom. The molecule has 0 N–H and O–H groups in total. The van der Waals surface area contributed by atoms with Crippen molar-refractivity contribution < 1.29 is 28.1 Å². The topological polar surface area (TPSA) is 80.3 Å². The minimum absolute atomic E-state index is 0.105. The fraction of sp³-hybridized carbons (Fsp3) is 0.435. The van der Waals surface area contributed by atoms with Gasteiger partial charge in [-0.2, -0.15) is 0 Å². The first-order valence-electron chi connectivity index (χ1n) is 11.2. The van der Waals surface area contributed by atoms with Crippen molar-refractivity contribution in [3.63, 3.8) is 0 Å². The molecule has 9 nitrogen and oxygen atoms in total. The number of ether oxygens (including phenoxy) is 3. The average Bonchev–Trinajstić information content (AvgIpc) is 3.70. The van der Waals surface area contributed by atoms with Gasteiger partial charge in [-0.1, -0.05) is 6.07 Å². The van der Waals surface area contributed by atoms with E-state index in [-0.39, 0.29) is 18.7 Å². The lowest BCUT2D eigenvalue weighted by molar-refractivity contribution is 0.0589. The Bertz CT molecular complexity index is 1160. The van der Waals surface area contributed by atoms with Crippen LogP contribution in [0.15, 0.2) is 30.3 Å². The Morgan fingerprint density at radius 3 is 2.55 bits per heavy atom. The first kappa shape index (κ1) is 21.0. The molecular formula is C23H26N3O6P. The van der Waals surface area contributed by atoms with Crippen LogP contribution in [0.4, 0.5) is 0 Å². The molecule has 0 saturated carbocycles. The van der Waals surface area contributed by atoms with Crippen molar-refractivity contribution in [1.29, 1.82) is 0 Å². The average molecular weight is 471 g/mol. The second-order valence-corrected chi connectivity index (χ2v) is 11.1. The fourth-order valence-electron chi connectivity index (χ4n) is 4.24. The highest BCUT2D eigenvalue weighted by molar-refractivity contribution is 7.54. The number of aryl methyl sites for hydroxylation is 1. The number of rotatable bonds is 6. The molecule has 33 heavy (non-hydrogen) atoms. The summed E-state index contributed by atoms with van der Waals surface area (Å²) in [4.78, 5) is 14.0. The van der Waals surface area contributed by atoms with Gasteiger partial charge in [0.2, 0.25) is 0 Å². The molecule has 2 fully saturated rings. The zero-order chi connectivity index (χ0) is 22.7. The van der Waals surface area contributed by atoms with Crippen molar-refractivity contribution in [2.45, 2.75) is 19.4 Å². The molecule has 0 bridgehead atoms. The maximum absolute atomic E-state index is 13.6. The number of carbonyl (C=O) groups excluding carboxylic acids is 1. The molecule has 0 radical (unpaired) electrons. The highest BCUT2D eigenvalue weighted by Crippen LogP contribution is 2.64. The Labute approximate surface area is 192 Å². The van der Waals surface area contributed by atoms with Crippen molar-refractivity contribution in [1.82, 2.24) is 14.2 Å². The van der Waals surface area contributed by atoms with E-state index in [9.17, 15) is 9.36 Å². The third-order valence-electron chi connectivity index (χ3n) is 6.30. The van der Waals surface area contributed by atoms with Crippen molar-refractivity contribution in [2.24, 2.45) is 0 Å². The van der Waals surface area contributed by atoms with E-state index >= 15 is 0 Å². The largest absolute Gasteiger partial charge is 0.493 e. The van der Waals surface area contributed by atoms with Gasteiger partial charge in [0.15, 0.2) is 18.2 Å². The molecule has 10 heteroatoms.